The van der Waals surface area contributed by atoms with Gasteiger partial charge in [-0.15, -0.1) is 0 Å². The molecule has 0 aliphatic carbocycles. The van der Waals surface area contributed by atoms with Crippen molar-refractivity contribution in [3.63, 3.8) is 0 Å². The van der Waals surface area contributed by atoms with Gasteiger partial charge in [-0.05, 0) is 108 Å². The van der Waals surface area contributed by atoms with Crippen molar-refractivity contribution in [2.24, 2.45) is 11.8 Å². The Balaban J connectivity index is 1.13. The highest BCUT2D eigenvalue weighted by atomic mass is 32.1. The van der Waals surface area contributed by atoms with Crippen molar-refractivity contribution in [1.29, 1.82) is 0 Å². The number of nitrogens with zero attached hydrogens (tertiary/aromatic N) is 9. The number of pyridine rings is 3. The summed E-state index contributed by atoms with van der Waals surface area (Å²) in [7, 11) is 6.29. The molecule has 3 aromatic heterocycles. The predicted molar refractivity (Wildman–Crippen MR) is 247 cm³/mol. The standard InChI is InChI=1S/C47H73F2N9O2S/c1-30(2)38-13-12-36(21-50-38)56-19-10-11-34(23-56)32(5)55(9)29-54(8)26-42-44(17-15-40(52-42)33(6)61)58-24-35(47(49)46(60)28-58)22-53(7)25-41-43(16-14-39(51-41)31(3)4)57-20-18-37(48)45(59)27-57/h12-17,21,30-35,37,45-47,59-61H,10-11,18-20,22-29H2,1-9H3/t32?,33?,34-,35?,37-,45-,46-,47+/m0/s1. The van der Waals surface area contributed by atoms with Crippen LogP contribution in [0, 0.1) is 11.8 Å². The van der Waals surface area contributed by atoms with E-state index in [-0.39, 0.29) is 30.7 Å². The summed E-state index contributed by atoms with van der Waals surface area (Å²) in [6.45, 7) is 18.4. The minimum atomic E-state index is -1.40. The van der Waals surface area contributed by atoms with E-state index in [0.717, 1.165) is 66.0 Å². The van der Waals surface area contributed by atoms with Crippen LogP contribution in [0.3, 0.4) is 0 Å². The van der Waals surface area contributed by atoms with Crippen molar-refractivity contribution in [2.45, 2.75) is 122 Å². The maximum atomic E-state index is 16.0. The first-order chi connectivity index (χ1) is 29.0. The van der Waals surface area contributed by atoms with Gasteiger partial charge in [0.1, 0.15) is 24.6 Å². The summed E-state index contributed by atoms with van der Waals surface area (Å²) in [5, 5.41) is 21.5. The van der Waals surface area contributed by atoms with Crippen LogP contribution in [0.5, 0.6) is 0 Å². The second-order valence-corrected chi connectivity index (χ2v) is 19.8. The molecule has 8 atom stereocenters. The molecule has 0 spiro atoms. The van der Waals surface area contributed by atoms with Crippen molar-refractivity contribution in [1.82, 2.24) is 29.7 Å². The van der Waals surface area contributed by atoms with E-state index in [9.17, 15) is 14.6 Å². The van der Waals surface area contributed by atoms with Crippen LogP contribution in [0.2, 0.25) is 0 Å². The molecule has 3 aliphatic rings. The molecule has 0 amide bonds. The van der Waals surface area contributed by atoms with Crippen LogP contribution in [-0.4, -0.2) is 144 Å². The minimum absolute atomic E-state index is 0.0605. The van der Waals surface area contributed by atoms with Crippen LogP contribution in [0.1, 0.15) is 106 Å². The van der Waals surface area contributed by atoms with Gasteiger partial charge in [-0.2, -0.15) is 12.6 Å². The van der Waals surface area contributed by atoms with Gasteiger partial charge < -0.3 is 29.8 Å². The highest BCUT2D eigenvalue weighted by Gasteiger charge is 2.38. The van der Waals surface area contributed by atoms with Crippen LogP contribution in [-0.2, 0) is 13.1 Å². The second-order valence-electron chi connectivity index (χ2n) is 19.0. The number of piperidine rings is 3. The molecule has 0 radical (unpaired) electrons. The lowest BCUT2D eigenvalue weighted by Gasteiger charge is -2.42. The molecular weight excluding hydrogens is 793 g/mol. The van der Waals surface area contributed by atoms with Crippen LogP contribution in [0.15, 0.2) is 42.6 Å². The third-order valence-electron chi connectivity index (χ3n) is 13.2. The number of aliphatic hydroxyl groups is 2. The lowest BCUT2D eigenvalue weighted by atomic mass is 9.90. The Morgan fingerprint density at radius 2 is 1.34 bits per heavy atom. The Morgan fingerprint density at radius 3 is 1.98 bits per heavy atom. The van der Waals surface area contributed by atoms with E-state index in [1.807, 2.05) is 43.3 Å². The number of rotatable bonds is 16. The molecule has 6 rings (SSSR count). The van der Waals surface area contributed by atoms with Gasteiger partial charge in [-0.3, -0.25) is 24.8 Å². The maximum absolute atomic E-state index is 16.0. The number of hydrogen-bond acceptors (Lipinski definition) is 12. The molecule has 0 bridgehead atoms. The zero-order chi connectivity index (χ0) is 44.1. The molecular formula is C47H73F2N9O2S. The zero-order valence-electron chi connectivity index (χ0n) is 38.1. The average molecular weight is 866 g/mol. The molecule has 11 nitrogen and oxygen atoms in total. The lowest BCUT2D eigenvalue weighted by Crippen LogP contribution is -2.54. The Morgan fingerprint density at radius 1 is 0.721 bits per heavy atom. The van der Waals surface area contributed by atoms with E-state index in [4.69, 9.17) is 27.6 Å². The Labute approximate surface area is 369 Å². The van der Waals surface area contributed by atoms with Gasteiger partial charge in [0.25, 0.3) is 0 Å². The summed E-state index contributed by atoms with van der Waals surface area (Å²) in [6.07, 6.45) is -0.215. The van der Waals surface area contributed by atoms with Gasteiger partial charge in [0.05, 0.1) is 47.0 Å². The first kappa shape index (κ1) is 47.3. The largest absolute Gasteiger partial charge is 0.388 e. The molecule has 0 aromatic carbocycles. The Bertz CT molecular complexity index is 1860. The fourth-order valence-electron chi connectivity index (χ4n) is 9.42. The number of hydrogen-bond donors (Lipinski definition) is 3. The van der Waals surface area contributed by atoms with Crippen molar-refractivity contribution in [2.75, 3.05) is 88.3 Å². The number of anilines is 3. The third-order valence-corrected chi connectivity index (χ3v) is 13.5. The number of thiol groups is 1. The number of halogens is 2. The Hall–Kier alpha value is -3.14. The van der Waals surface area contributed by atoms with Crippen LogP contribution >= 0.6 is 12.6 Å². The fraction of sp³-hybridized carbons (Fsp3) is 0.681. The normalized spacial score (nSPS) is 25.1. The smallest absolute Gasteiger partial charge is 0.133 e. The van der Waals surface area contributed by atoms with Crippen molar-refractivity contribution >= 4 is 29.7 Å². The summed E-state index contributed by atoms with van der Waals surface area (Å²) in [4.78, 5) is 28.3. The van der Waals surface area contributed by atoms with Crippen LogP contribution in [0.4, 0.5) is 25.8 Å². The van der Waals surface area contributed by atoms with E-state index in [0.29, 0.717) is 50.6 Å². The van der Waals surface area contributed by atoms with Gasteiger partial charge in [-0.1, -0.05) is 27.7 Å². The first-order valence-electron chi connectivity index (χ1n) is 22.6. The molecule has 0 saturated carbocycles. The highest BCUT2D eigenvalue weighted by molar-refractivity contribution is 7.80. The van der Waals surface area contributed by atoms with E-state index >= 15 is 4.39 Å². The summed E-state index contributed by atoms with van der Waals surface area (Å²) < 4.78 is 30.3. The fourth-order valence-corrected chi connectivity index (χ4v) is 9.56. The van der Waals surface area contributed by atoms with E-state index in [1.54, 1.807) is 0 Å². The molecule has 338 valence electrons. The zero-order valence-corrected chi connectivity index (χ0v) is 39.0. The second kappa shape index (κ2) is 21.0. The molecule has 3 fully saturated rings. The number of aliphatic hydroxyl groups excluding tert-OH is 2. The molecule has 14 heteroatoms. The number of β-amino-alcohol motifs (C(OH)–C–C–N with tert-alkyl or cyclic N) is 2. The van der Waals surface area contributed by atoms with Crippen LogP contribution in [0.25, 0.3) is 0 Å². The summed E-state index contributed by atoms with van der Waals surface area (Å²) in [5.41, 5.74) is 7.63. The van der Waals surface area contributed by atoms with E-state index < -0.39 is 30.5 Å². The lowest BCUT2D eigenvalue weighted by molar-refractivity contribution is 0.0186. The highest BCUT2D eigenvalue weighted by Crippen LogP contribution is 2.33. The molecule has 61 heavy (non-hydrogen) atoms. The molecule has 3 unspecified atom stereocenters. The van der Waals surface area contributed by atoms with Gasteiger partial charge >= 0.3 is 0 Å². The van der Waals surface area contributed by atoms with Crippen molar-refractivity contribution in [3.05, 3.63) is 71.1 Å². The number of aromatic nitrogens is 3. The molecule has 3 aliphatic heterocycles. The quantitative estimate of drug-likeness (QED) is 0.104. The first-order valence-corrected chi connectivity index (χ1v) is 23.1. The van der Waals surface area contributed by atoms with Gasteiger partial charge in [0.15, 0.2) is 0 Å². The maximum Gasteiger partial charge on any atom is 0.133 e. The monoisotopic (exact) mass is 866 g/mol. The minimum Gasteiger partial charge on any atom is -0.388 e. The third kappa shape index (κ3) is 11.9. The van der Waals surface area contributed by atoms with E-state index in [1.165, 1.54) is 12.1 Å². The topological polar surface area (TPSA) is 98.6 Å². The SMILES string of the molecule is CC(C)c1ccc(N2CCC[C@H](C(C)N(C)CN(C)Cc3nc(C(C)S)ccc3N3CC(CN(C)Cc4nc(C(C)C)ccc4N4CC[C@H](F)[C@@H](O)C4)[C@@H](F)[C@@H](O)C3)C2)cn1. The molecule has 2 N–H and O–H groups in total. The molecule has 6 heterocycles. The number of alkyl halides is 2. The molecule has 3 aromatic rings. The molecule has 3 saturated heterocycles. The average Bonchev–Trinajstić information content (AvgIpc) is 3.23. The van der Waals surface area contributed by atoms with Crippen LogP contribution < -0.4 is 14.7 Å². The van der Waals surface area contributed by atoms with Gasteiger partial charge in [-0.25, -0.2) is 8.78 Å². The van der Waals surface area contributed by atoms with Crippen molar-refractivity contribution in [3.8, 4) is 0 Å². The summed E-state index contributed by atoms with van der Waals surface area (Å²) >= 11 is 4.72. The Kier molecular flexibility index (Phi) is 16.3. The van der Waals surface area contributed by atoms with Gasteiger partial charge in [0.2, 0.25) is 0 Å². The van der Waals surface area contributed by atoms with Gasteiger partial charge in [0, 0.05) is 87.5 Å². The summed E-state index contributed by atoms with van der Waals surface area (Å²) in [6, 6.07) is 12.8. The van der Waals surface area contributed by atoms with Crippen molar-refractivity contribution < 1.29 is 19.0 Å². The summed E-state index contributed by atoms with van der Waals surface area (Å²) in [5.74, 6) is 0.658. The van der Waals surface area contributed by atoms with E-state index in [2.05, 4.69) is 91.4 Å². The predicted octanol–water partition coefficient (Wildman–Crippen LogP) is 6.91.